The van der Waals surface area contributed by atoms with Crippen LogP contribution in [0.25, 0.3) is 0 Å². The van der Waals surface area contributed by atoms with E-state index in [-0.39, 0.29) is 25.2 Å². The molecule has 0 spiro atoms. The van der Waals surface area contributed by atoms with Crippen LogP contribution in [0.4, 0.5) is 26.3 Å². The van der Waals surface area contributed by atoms with Crippen molar-refractivity contribution in [3.8, 4) is 0 Å². The van der Waals surface area contributed by atoms with Crippen molar-refractivity contribution in [1.29, 1.82) is 0 Å². The fraction of sp³-hybridized carbons (Fsp3) is 0.933. The molecule has 0 aliphatic heterocycles. The van der Waals surface area contributed by atoms with Crippen LogP contribution in [-0.4, -0.2) is 53.9 Å². The van der Waals surface area contributed by atoms with Gasteiger partial charge in [-0.05, 0) is 49.9 Å². The summed E-state index contributed by atoms with van der Waals surface area (Å²) >= 11 is 0. The SMILES string of the molecule is O=C(OC(CS(=O)(=O)[O-])(C(F)(F)F)C(F)(F)F)C12CC3CC(C1)C(O)C(C3)C2. The van der Waals surface area contributed by atoms with Gasteiger partial charge in [-0.2, -0.15) is 26.3 Å². The van der Waals surface area contributed by atoms with Crippen LogP contribution in [0.3, 0.4) is 0 Å². The topological polar surface area (TPSA) is 104 Å². The molecule has 0 heterocycles. The lowest BCUT2D eigenvalue weighted by Gasteiger charge is -2.57. The molecule has 0 aromatic rings. The lowest BCUT2D eigenvalue weighted by atomic mass is 9.48. The predicted molar refractivity (Wildman–Crippen MR) is 77.5 cm³/mol. The van der Waals surface area contributed by atoms with Crippen molar-refractivity contribution in [1.82, 2.24) is 0 Å². The van der Waals surface area contributed by atoms with Crippen molar-refractivity contribution >= 4 is 16.1 Å². The number of alkyl halides is 6. The summed E-state index contributed by atoms with van der Waals surface area (Å²) < 4.78 is 117. The first-order valence-electron chi connectivity index (χ1n) is 8.48. The smallest absolute Gasteiger partial charge is 0.438 e. The molecule has 4 saturated carbocycles. The predicted octanol–water partition coefficient (Wildman–Crippen LogP) is 2.13. The molecule has 6 nitrogen and oxygen atoms in total. The van der Waals surface area contributed by atoms with E-state index in [1.807, 2.05) is 0 Å². The molecule has 4 fully saturated rings. The van der Waals surface area contributed by atoms with Gasteiger partial charge in [-0.1, -0.05) is 0 Å². The molecule has 4 aliphatic rings. The Hall–Kier alpha value is -1.08. The Morgan fingerprint density at radius 1 is 1.04 bits per heavy atom. The van der Waals surface area contributed by atoms with E-state index in [9.17, 15) is 49.2 Å². The standard InChI is InChI=1S/C15H18F6O6S/c16-14(17,18)13(15(19,20)21,6-28(24,25)26)27-11(23)12-3-7-1-8(4-12)10(22)9(2-7)5-12/h7-10,22H,1-6H2,(H,24,25,26)/p-1. The van der Waals surface area contributed by atoms with Crippen molar-refractivity contribution < 1.29 is 54.0 Å². The summed E-state index contributed by atoms with van der Waals surface area (Å²) in [4.78, 5) is 12.6. The van der Waals surface area contributed by atoms with E-state index in [1.165, 1.54) is 0 Å². The Labute approximate surface area is 156 Å². The zero-order valence-corrected chi connectivity index (χ0v) is 15.0. The summed E-state index contributed by atoms with van der Waals surface area (Å²) in [5.74, 6) is -5.87. The number of ether oxygens (including phenoxy) is 1. The molecule has 2 atom stereocenters. The van der Waals surface area contributed by atoms with Gasteiger partial charge in [-0.3, -0.25) is 4.79 Å². The first kappa shape index (κ1) is 21.6. The number of esters is 1. The van der Waals surface area contributed by atoms with Crippen LogP contribution < -0.4 is 0 Å². The minimum Gasteiger partial charge on any atom is -0.748 e. The van der Waals surface area contributed by atoms with Crippen molar-refractivity contribution in [2.45, 2.75) is 56.2 Å². The maximum absolute atomic E-state index is 13.4. The van der Waals surface area contributed by atoms with Crippen LogP contribution in [0.15, 0.2) is 0 Å². The summed E-state index contributed by atoms with van der Waals surface area (Å²) in [7, 11) is -6.07. The average Bonchev–Trinajstić information content (AvgIpc) is 2.47. The quantitative estimate of drug-likeness (QED) is 0.409. The third-order valence-electron chi connectivity index (χ3n) is 6.22. The van der Waals surface area contributed by atoms with Gasteiger partial charge in [0.05, 0.1) is 27.4 Å². The first-order valence-corrected chi connectivity index (χ1v) is 10.1. The number of halogens is 6. The highest BCUT2D eigenvalue weighted by Gasteiger charge is 2.76. The van der Waals surface area contributed by atoms with Crippen LogP contribution in [-0.2, 0) is 19.6 Å². The van der Waals surface area contributed by atoms with Crippen LogP contribution in [0.2, 0.25) is 0 Å². The molecule has 1 N–H and O–H groups in total. The molecule has 0 aromatic carbocycles. The van der Waals surface area contributed by atoms with Gasteiger partial charge in [0.2, 0.25) is 0 Å². The van der Waals surface area contributed by atoms with Gasteiger partial charge in [0.1, 0.15) is 0 Å². The number of carbonyl (C=O) groups is 1. The maximum atomic E-state index is 13.4. The number of rotatable bonds is 4. The second-order valence-electron chi connectivity index (χ2n) is 8.15. The number of carbonyl (C=O) groups excluding carboxylic acids is 1. The minimum atomic E-state index is -6.37. The summed E-state index contributed by atoms with van der Waals surface area (Å²) in [6.07, 6.45) is -12.8. The van der Waals surface area contributed by atoms with Gasteiger partial charge in [0.15, 0.2) is 0 Å². The molecule has 0 saturated heterocycles. The molecular formula is C15H17F6O6S-. The van der Waals surface area contributed by atoms with Crippen molar-refractivity contribution in [2.24, 2.45) is 23.2 Å². The van der Waals surface area contributed by atoms with Gasteiger partial charge in [0, 0.05) is 0 Å². The fourth-order valence-corrected chi connectivity index (χ4v) is 6.12. The highest BCUT2D eigenvalue weighted by atomic mass is 32.2. The lowest BCUT2D eigenvalue weighted by molar-refractivity contribution is -0.364. The lowest BCUT2D eigenvalue weighted by Crippen LogP contribution is -2.66. The molecule has 2 unspecified atom stereocenters. The van der Waals surface area contributed by atoms with Gasteiger partial charge < -0.3 is 14.4 Å². The Morgan fingerprint density at radius 2 is 1.50 bits per heavy atom. The molecule has 4 bridgehead atoms. The van der Waals surface area contributed by atoms with Gasteiger partial charge in [0.25, 0.3) is 0 Å². The molecule has 0 radical (unpaired) electrons. The number of aliphatic hydroxyl groups excluding tert-OH is 1. The number of aliphatic hydroxyl groups is 1. The van der Waals surface area contributed by atoms with Crippen molar-refractivity contribution in [3.63, 3.8) is 0 Å². The van der Waals surface area contributed by atoms with E-state index in [4.69, 9.17) is 0 Å². The van der Waals surface area contributed by atoms with Crippen LogP contribution in [0.5, 0.6) is 0 Å². The molecule has 162 valence electrons. The third-order valence-corrected chi connectivity index (χ3v) is 6.98. The molecule has 0 amide bonds. The third kappa shape index (κ3) is 3.38. The molecule has 4 rings (SSSR count). The van der Waals surface area contributed by atoms with E-state index in [2.05, 4.69) is 4.74 Å². The van der Waals surface area contributed by atoms with Gasteiger partial charge in [-0.25, -0.2) is 8.42 Å². The molecule has 4 aliphatic carbocycles. The normalized spacial score (nSPS) is 35.9. The summed E-state index contributed by atoms with van der Waals surface area (Å²) in [5, 5.41) is 10.1. The molecule has 13 heteroatoms. The Kier molecular flexibility index (Phi) is 4.79. The Balaban J connectivity index is 1.98. The maximum Gasteiger partial charge on any atom is 0.438 e. The Morgan fingerprint density at radius 3 is 1.89 bits per heavy atom. The molecular weight excluding hydrogens is 422 g/mol. The van der Waals surface area contributed by atoms with E-state index in [0.29, 0.717) is 12.8 Å². The highest BCUT2D eigenvalue weighted by Crippen LogP contribution is 2.61. The van der Waals surface area contributed by atoms with Crippen LogP contribution in [0, 0.1) is 23.2 Å². The van der Waals surface area contributed by atoms with Gasteiger partial charge in [-0.15, -0.1) is 0 Å². The zero-order valence-electron chi connectivity index (χ0n) is 14.2. The van der Waals surface area contributed by atoms with Gasteiger partial charge >= 0.3 is 23.9 Å². The second-order valence-corrected chi connectivity index (χ2v) is 9.56. The van der Waals surface area contributed by atoms with E-state index in [0.717, 1.165) is 0 Å². The fourth-order valence-electron chi connectivity index (χ4n) is 5.23. The molecule has 0 aromatic heterocycles. The van der Waals surface area contributed by atoms with E-state index >= 15 is 0 Å². The van der Waals surface area contributed by atoms with E-state index < -0.39 is 63.1 Å². The van der Waals surface area contributed by atoms with Crippen molar-refractivity contribution in [3.05, 3.63) is 0 Å². The second kappa shape index (κ2) is 6.21. The summed E-state index contributed by atoms with van der Waals surface area (Å²) in [5.41, 5.74) is -7.11. The van der Waals surface area contributed by atoms with E-state index in [1.54, 1.807) is 0 Å². The highest BCUT2D eigenvalue weighted by molar-refractivity contribution is 7.85. The monoisotopic (exact) mass is 439 g/mol. The number of hydrogen-bond acceptors (Lipinski definition) is 6. The van der Waals surface area contributed by atoms with Crippen LogP contribution in [0.1, 0.15) is 32.1 Å². The minimum absolute atomic E-state index is 0.00146. The Bertz CT molecular complexity index is 730. The average molecular weight is 439 g/mol. The van der Waals surface area contributed by atoms with Crippen molar-refractivity contribution in [2.75, 3.05) is 5.75 Å². The van der Waals surface area contributed by atoms with Crippen LogP contribution >= 0.6 is 0 Å². The summed E-state index contributed by atoms with van der Waals surface area (Å²) in [6, 6.07) is 0. The summed E-state index contributed by atoms with van der Waals surface area (Å²) in [6.45, 7) is 0. The molecule has 28 heavy (non-hydrogen) atoms. The zero-order chi connectivity index (χ0) is 21.3. The largest absolute Gasteiger partial charge is 0.748 e. The first-order chi connectivity index (χ1) is 12.5. The number of hydrogen-bond donors (Lipinski definition) is 1.